The minimum Gasteiger partial charge on any atom is -0.341 e. The van der Waals surface area contributed by atoms with Crippen LogP contribution in [0, 0.1) is 0 Å². The number of H-pyrrole nitrogens is 1. The Kier molecular flexibility index (Phi) is 3.89. The van der Waals surface area contributed by atoms with Crippen molar-refractivity contribution in [1.82, 2.24) is 29.2 Å². The van der Waals surface area contributed by atoms with Crippen LogP contribution in [0.5, 0.6) is 0 Å². The molecule has 1 unspecified atom stereocenters. The molecule has 0 saturated carbocycles. The van der Waals surface area contributed by atoms with E-state index in [4.69, 9.17) is 0 Å². The van der Waals surface area contributed by atoms with Gasteiger partial charge in [-0.05, 0) is 25.3 Å². The van der Waals surface area contributed by atoms with Crippen molar-refractivity contribution in [2.24, 2.45) is 0 Å². The molecule has 1 amide bonds. The van der Waals surface area contributed by atoms with Crippen LogP contribution in [0.4, 0.5) is 13.2 Å². The number of nitrogens with one attached hydrogen (secondary N) is 1. The summed E-state index contributed by atoms with van der Waals surface area (Å²) >= 11 is 0. The smallest absolute Gasteiger partial charge is 0.341 e. The van der Waals surface area contributed by atoms with Crippen molar-refractivity contribution >= 4 is 11.7 Å². The van der Waals surface area contributed by atoms with E-state index in [0.717, 1.165) is 23.3 Å². The van der Waals surface area contributed by atoms with Crippen LogP contribution >= 0.6 is 0 Å². The van der Waals surface area contributed by atoms with Gasteiger partial charge in [0, 0.05) is 18.9 Å². The number of amides is 1. The fourth-order valence-electron chi connectivity index (χ4n) is 3.32. The zero-order valence-electron chi connectivity index (χ0n) is 13.6. The number of carbonyl (C=O) groups excluding carboxylic acids is 1. The van der Waals surface area contributed by atoms with Gasteiger partial charge in [-0.3, -0.25) is 9.20 Å². The summed E-state index contributed by atoms with van der Waals surface area (Å²) in [5.74, 6) is -0.333. The summed E-state index contributed by atoms with van der Waals surface area (Å²) in [5.41, 5.74) is -0.354. The molecule has 0 radical (unpaired) electrons. The van der Waals surface area contributed by atoms with Gasteiger partial charge in [0.2, 0.25) is 5.78 Å². The lowest BCUT2D eigenvalue weighted by Gasteiger charge is -2.35. The zero-order chi connectivity index (χ0) is 18.3. The average molecular weight is 364 g/mol. The maximum atomic E-state index is 13.5. The van der Waals surface area contributed by atoms with Gasteiger partial charge in [0.25, 0.3) is 5.91 Å². The highest BCUT2D eigenvalue weighted by atomic mass is 19.4. The molecule has 7 nitrogen and oxygen atoms in total. The van der Waals surface area contributed by atoms with E-state index in [2.05, 4.69) is 19.9 Å². The van der Waals surface area contributed by atoms with Crippen LogP contribution in [0.15, 0.2) is 31.0 Å². The summed E-state index contributed by atoms with van der Waals surface area (Å²) in [6.45, 7) is 0.450. The molecule has 1 fully saturated rings. The molecular formula is C16H15F3N6O. The molecule has 10 heteroatoms. The summed E-state index contributed by atoms with van der Waals surface area (Å²) in [5, 5.41) is 0. The largest absolute Gasteiger partial charge is 0.431 e. The summed E-state index contributed by atoms with van der Waals surface area (Å²) in [6, 6.07) is 0.472. The molecule has 0 spiro atoms. The molecule has 3 aromatic rings. The van der Waals surface area contributed by atoms with Crippen LogP contribution in [0.25, 0.3) is 5.78 Å². The first-order valence-corrected chi connectivity index (χ1v) is 8.15. The van der Waals surface area contributed by atoms with Gasteiger partial charge in [0.15, 0.2) is 0 Å². The summed E-state index contributed by atoms with van der Waals surface area (Å²) in [7, 11) is 0. The number of hydrogen-bond acceptors (Lipinski definition) is 4. The number of imidazole rings is 2. The molecule has 1 aliphatic heterocycles. The van der Waals surface area contributed by atoms with Crippen LogP contribution in [-0.2, 0) is 6.18 Å². The van der Waals surface area contributed by atoms with E-state index in [9.17, 15) is 18.0 Å². The highest BCUT2D eigenvalue weighted by Crippen LogP contribution is 2.35. The topological polar surface area (TPSA) is 79.2 Å². The molecule has 26 heavy (non-hydrogen) atoms. The molecule has 0 aromatic carbocycles. The van der Waals surface area contributed by atoms with Crippen molar-refractivity contribution in [3.05, 3.63) is 48.1 Å². The highest BCUT2D eigenvalue weighted by Gasteiger charge is 2.37. The van der Waals surface area contributed by atoms with Gasteiger partial charge in [-0.2, -0.15) is 13.2 Å². The van der Waals surface area contributed by atoms with E-state index < -0.39 is 17.9 Å². The van der Waals surface area contributed by atoms with Gasteiger partial charge >= 0.3 is 6.18 Å². The maximum Gasteiger partial charge on any atom is 0.431 e. The number of nitrogens with zero attached hydrogens (tertiary/aromatic N) is 5. The Morgan fingerprint density at radius 3 is 2.88 bits per heavy atom. The lowest BCUT2D eigenvalue weighted by Crippen LogP contribution is -2.39. The lowest BCUT2D eigenvalue weighted by atomic mass is 9.98. The Morgan fingerprint density at radius 2 is 2.15 bits per heavy atom. The zero-order valence-corrected chi connectivity index (χ0v) is 13.6. The monoisotopic (exact) mass is 364 g/mol. The van der Waals surface area contributed by atoms with Gasteiger partial charge in [-0.25, -0.2) is 15.0 Å². The average Bonchev–Trinajstić information content (AvgIpc) is 3.30. The Morgan fingerprint density at radius 1 is 1.31 bits per heavy atom. The Labute approximate surface area is 145 Å². The lowest BCUT2D eigenvalue weighted by molar-refractivity contribution is -0.142. The van der Waals surface area contributed by atoms with Crippen LogP contribution < -0.4 is 0 Å². The second-order valence-electron chi connectivity index (χ2n) is 6.14. The number of hydrogen-bond donors (Lipinski definition) is 1. The van der Waals surface area contributed by atoms with Crippen LogP contribution in [-0.4, -0.2) is 41.7 Å². The Balaban J connectivity index is 1.78. The van der Waals surface area contributed by atoms with Crippen molar-refractivity contribution in [1.29, 1.82) is 0 Å². The summed E-state index contributed by atoms with van der Waals surface area (Å²) in [6.07, 6.45) is 2.88. The van der Waals surface area contributed by atoms with E-state index >= 15 is 0 Å². The molecule has 1 atom stereocenters. The molecule has 1 aliphatic rings. The van der Waals surface area contributed by atoms with Crippen molar-refractivity contribution in [3.63, 3.8) is 0 Å². The SMILES string of the molecule is O=C(c1cnc[nH]1)N1CCCCC1c1cc(C(F)(F)F)n2ccnc2n1. The van der Waals surface area contributed by atoms with E-state index in [-0.39, 0.29) is 17.4 Å². The molecule has 1 saturated heterocycles. The van der Waals surface area contributed by atoms with E-state index in [1.165, 1.54) is 24.9 Å². The molecule has 3 aromatic heterocycles. The molecule has 1 N–H and O–H groups in total. The van der Waals surface area contributed by atoms with Gasteiger partial charge in [-0.1, -0.05) is 0 Å². The number of piperidine rings is 1. The van der Waals surface area contributed by atoms with Crippen LogP contribution in [0.1, 0.15) is 47.2 Å². The number of aromatic nitrogens is 5. The Bertz CT molecular complexity index is 933. The third kappa shape index (κ3) is 2.80. The van der Waals surface area contributed by atoms with Crippen molar-refractivity contribution in [2.75, 3.05) is 6.54 Å². The molecule has 136 valence electrons. The number of likely N-dealkylation sites (tertiary alicyclic amines) is 1. The Hall–Kier alpha value is -2.91. The first-order chi connectivity index (χ1) is 12.4. The predicted octanol–water partition coefficient (Wildman–Crippen LogP) is 2.84. The predicted molar refractivity (Wildman–Crippen MR) is 84.2 cm³/mol. The third-order valence-corrected chi connectivity index (χ3v) is 4.52. The van der Waals surface area contributed by atoms with Crippen molar-refractivity contribution in [2.45, 2.75) is 31.5 Å². The number of alkyl halides is 3. The van der Waals surface area contributed by atoms with Gasteiger partial charge in [0.1, 0.15) is 11.4 Å². The highest BCUT2D eigenvalue weighted by molar-refractivity contribution is 5.92. The van der Waals surface area contributed by atoms with Gasteiger partial charge < -0.3 is 9.88 Å². The molecule has 0 aliphatic carbocycles. The van der Waals surface area contributed by atoms with E-state index in [0.29, 0.717) is 18.7 Å². The first-order valence-electron chi connectivity index (χ1n) is 8.15. The van der Waals surface area contributed by atoms with E-state index in [1.807, 2.05) is 0 Å². The first kappa shape index (κ1) is 16.6. The van der Waals surface area contributed by atoms with Crippen molar-refractivity contribution < 1.29 is 18.0 Å². The van der Waals surface area contributed by atoms with Gasteiger partial charge in [0.05, 0.1) is 24.3 Å². The number of aromatic amines is 1. The molecule has 0 bridgehead atoms. The molecular weight excluding hydrogens is 349 g/mol. The quantitative estimate of drug-likeness (QED) is 0.758. The maximum absolute atomic E-state index is 13.5. The molecule has 4 rings (SSSR count). The number of halogens is 3. The second kappa shape index (κ2) is 6.11. The number of carbonyl (C=O) groups is 1. The third-order valence-electron chi connectivity index (χ3n) is 4.52. The fraction of sp³-hybridized carbons (Fsp3) is 0.375. The fourth-order valence-corrected chi connectivity index (χ4v) is 3.32. The van der Waals surface area contributed by atoms with Crippen LogP contribution in [0.2, 0.25) is 0 Å². The van der Waals surface area contributed by atoms with Gasteiger partial charge in [-0.15, -0.1) is 0 Å². The summed E-state index contributed by atoms with van der Waals surface area (Å²) < 4.78 is 41.3. The normalized spacial score (nSPS) is 18.4. The van der Waals surface area contributed by atoms with Crippen molar-refractivity contribution in [3.8, 4) is 0 Å². The molecule has 4 heterocycles. The summed E-state index contributed by atoms with van der Waals surface area (Å²) in [4.78, 5) is 29.0. The minimum atomic E-state index is -4.55. The van der Waals surface area contributed by atoms with Crippen LogP contribution in [0.3, 0.4) is 0 Å². The standard InChI is InChI=1S/C16H15F3N6O/c17-16(18,19)13-7-10(23-15-21-4-6-25(13)15)12-3-1-2-5-24(12)14(26)11-8-20-9-22-11/h4,6-9,12H,1-3,5H2,(H,20,22). The number of rotatable bonds is 2. The van der Waals surface area contributed by atoms with E-state index in [1.54, 1.807) is 4.90 Å². The minimum absolute atomic E-state index is 0.0330. The number of fused-ring (bicyclic) bond motifs is 1. The second-order valence-corrected chi connectivity index (χ2v) is 6.14.